The number of nitrogens with one attached hydrogen (secondary N) is 1. The molecule has 0 saturated heterocycles. The predicted octanol–water partition coefficient (Wildman–Crippen LogP) is 4.21. The third-order valence-electron chi connectivity index (χ3n) is 4.12. The van der Waals surface area contributed by atoms with Crippen LogP contribution in [0.3, 0.4) is 0 Å². The van der Waals surface area contributed by atoms with Crippen molar-refractivity contribution in [3.05, 3.63) is 64.9 Å². The number of aryl methyl sites for hydroxylation is 2. The molecule has 0 radical (unpaired) electrons. The van der Waals surface area contributed by atoms with Crippen molar-refractivity contribution in [3.8, 4) is 5.75 Å². The Morgan fingerprint density at radius 3 is 2.64 bits per heavy atom. The van der Waals surface area contributed by atoms with Gasteiger partial charge in [0, 0.05) is 16.5 Å². The van der Waals surface area contributed by atoms with Crippen molar-refractivity contribution in [2.45, 2.75) is 20.8 Å². The van der Waals surface area contributed by atoms with Crippen LogP contribution in [0.4, 0.5) is 0 Å². The number of methoxy groups -OCH3 is 1. The van der Waals surface area contributed by atoms with E-state index in [1.165, 1.54) is 0 Å². The average molecular weight is 336 g/mol. The summed E-state index contributed by atoms with van der Waals surface area (Å²) in [5, 5.41) is 5.13. The summed E-state index contributed by atoms with van der Waals surface area (Å²) in [5.41, 5.74) is 6.64. The van der Waals surface area contributed by atoms with Gasteiger partial charge in [-0.3, -0.25) is 4.79 Å². The first-order chi connectivity index (χ1) is 12.0. The maximum Gasteiger partial charge on any atom is 0.307 e. The number of nitrogens with zero attached hydrogens (tertiary/aromatic N) is 1. The van der Waals surface area contributed by atoms with Crippen molar-refractivity contribution in [3.63, 3.8) is 0 Å². The molecule has 5 heteroatoms. The highest BCUT2D eigenvalue weighted by Crippen LogP contribution is 2.25. The van der Waals surface area contributed by atoms with Gasteiger partial charge in [-0.25, -0.2) is 5.43 Å². The number of rotatable bonds is 4. The van der Waals surface area contributed by atoms with Crippen LogP contribution in [0.15, 0.2) is 52.0 Å². The fourth-order valence-corrected chi connectivity index (χ4v) is 2.74. The first-order valence-electron chi connectivity index (χ1n) is 7.99. The zero-order valence-electron chi connectivity index (χ0n) is 14.7. The third kappa shape index (κ3) is 3.26. The molecule has 0 aliphatic heterocycles. The average Bonchev–Trinajstić information content (AvgIpc) is 2.96. The van der Waals surface area contributed by atoms with E-state index >= 15 is 0 Å². The number of para-hydroxylation sites is 1. The van der Waals surface area contributed by atoms with Crippen LogP contribution in [-0.2, 0) is 0 Å². The van der Waals surface area contributed by atoms with E-state index in [1.54, 1.807) is 7.11 Å². The number of ether oxygens (including phenoxy) is 1. The first kappa shape index (κ1) is 16.8. The van der Waals surface area contributed by atoms with Crippen molar-refractivity contribution in [1.82, 2.24) is 5.43 Å². The minimum Gasteiger partial charge on any atom is -0.496 e. The van der Waals surface area contributed by atoms with Gasteiger partial charge in [0.15, 0.2) is 5.76 Å². The molecule has 0 spiro atoms. The highest BCUT2D eigenvalue weighted by molar-refractivity contribution is 6.03. The van der Waals surface area contributed by atoms with Crippen molar-refractivity contribution < 1.29 is 13.9 Å². The van der Waals surface area contributed by atoms with Crippen LogP contribution >= 0.6 is 0 Å². The highest BCUT2D eigenvalue weighted by Gasteiger charge is 2.17. The van der Waals surface area contributed by atoms with E-state index in [9.17, 15) is 4.79 Å². The Kier molecular flexibility index (Phi) is 4.57. The van der Waals surface area contributed by atoms with Crippen LogP contribution in [0.5, 0.6) is 5.75 Å². The molecule has 0 fully saturated rings. The topological polar surface area (TPSA) is 63.8 Å². The summed E-state index contributed by atoms with van der Waals surface area (Å²) in [7, 11) is 1.61. The molecule has 5 nitrogen and oxygen atoms in total. The minimum absolute atomic E-state index is 0.272. The second-order valence-electron chi connectivity index (χ2n) is 5.89. The molecular weight excluding hydrogens is 316 g/mol. The largest absolute Gasteiger partial charge is 0.496 e. The van der Waals surface area contributed by atoms with Crippen molar-refractivity contribution in [2.75, 3.05) is 7.11 Å². The lowest BCUT2D eigenvalue weighted by Crippen LogP contribution is -2.19. The van der Waals surface area contributed by atoms with Gasteiger partial charge in [0.1, 0.15) is 11.3 Å². The zero-order chi connectivity index (χ0) is 18.0. The second-order valence-corrected chi connectivity index (χ2v) is 5.89. The molecule has 0 saturated carbocycles. The Morgan fingerprint density at radius 1 is 1.16 bits per heavy atom. The van der Waals surface area contributed by atoms with Gasteiger partial charge in [-0.2, -0.15) is 5.10 Å². The Labute approximate surface area is 146 Å². The number of carbonyl (C=O) groups excluding carboxylic acids is 1. The second kappa shape index (κ2) is 6.81. The number of fused-ring (bicyclic) bond motifs is 1. The predicted molar refractivity (Wildman–Crippen MR) is 98.4 cm³/mol. The molecule has 3 rings (SSSR count). The lowest BCUT2D eigenvalue weighted by atomic mass is 10.1. The van der Waals surface area contributed by atoms with Gasteiger partial charge < -0.3 is 9.15 Å². The van der Waals surface area contributed by atoms with E-state index in [1.807, 2.05) is 63.2 Å². The maximum absolute atomic E-state index is 12.4. The van der Waals surface area contributed by atoms with E-state index in [2.05, 4.69) is 10.5 Å². The lowest BCUT2D eigenvalue weighted by molar-refractivity contribution is 0.0928. The number of benzene rings is 2. The number of hydrazone groups is 1. The Hall–Kier alpha value is -3.08. The van der Waals surface area contributed by atoms with Gasteiger partial charge in [-0.05, 0) is 39.0 Å². The van der Waals surface area contributed by atoms with Gasteiger partial charge in [0.2, 0.25) is 0 Å². The molecule has 0 bridgehead atoms. The maximum atomic E-state index is 12.4. The fourth-order valence-electron chi connectivity index (χ4n) is 2.74. The van der Waals surface area contributed by atoms with Gasteiger partial charge in [-0.15, -0.1) is 0 Å². The van der Waals surface area contributed by atoms with Gasteiger partial charge >= 0.3 is 5.91 Å². The van der Waals surface area contributed by atoms with Crippen LogP contribution < -0.4 is 10.2 Å². The van der Waals surface area contributed by atoms with Crippen molar-refractivity contribution in [2.24, 2.45) is 5.10 Å². The molecule has 1 N–H and O–H groups in total. The monoisotopic (exact) mass is 336 g/mol. The molecule has 1 amide bonds. The Bertz CT molecular complexity index is 970. The number of hydrogen-bond donors (Lipinski definition) is 1. The summed E-state index contributed by atoms with van der Waals surface area (Å²) in [6.07, 6.45) is 0. The molecule has 25 heavy (non-hydrogen) atoms. The molecule has 1 aromatic heterocycles. The summed E-state index contributed by atoms with van der Waals surface area (Å²) in [6.45, 7) is 5.68. The molecule has 3 aromatic rings. The fraction of sp³-hybridized carbons (Fsp3) is 0.200. The van der Waals surface area contributed by atoms with Crippen LogP contribution in [-0.4, -0.2) is 18.7 Å². The van der Waals surface area contributed by atoms with Crippen molar-refractivity contribution in [1.29, 1.82) is 0 Å². The van der Waals surface area contributed by atoms with E-state index in [0.29, 0.717) is 17.0 Å². The SMILES string of the molecule is COc1ccc(C)cc1/C(C)=N\NC(=O)c1oc2ccccc2c1C. The summed E-state index contributed by atoms with van der Waals surface area (Å²) in [5.74, 6) is 0.606. The number of carbonyl (C=O) groups is 1. The minimum atomic E-state index is -0.375. The molecule has 0 unspecified atom stereocenters. The van der Waals surface area contributed by atoms with Crippen LogP contribution in [0.2, 0.25) is 0 Å². The quantitative estimate of drug-likeness (QED) is 0.573. The molecule has 0 aliphatic rings. The Morgan fingerprint density at radius 2 is 1.92 bits per heavy atom. The summed E-state index contributed by atoms with van der Waals surface area (Å²) >= 11 is 0. The summed E-state index contributed by atoms with van der Waals surface area (Å²) < 4.78 is 11.0. The first-order valence-corrected chi connectivity index (χ1v) is 7.99. The zero-order valence-corrected chi connectivity index (χ0v) is 14.7. The highest BCUT2D eigenvalue weighted by atomic mass is 16.5. The molecule has 0 atom stereocenters. The molecule has 1 heterocycles. The molecular formula is C20H20N2O3. The van der Waals surface area contributed by atoms with Gasteiger partial charge in [0.25, 0.3) is 0 Å². The number of amides is 1. The van der Waals surface area contributed by atoms with E-state index in [4.69, 9.17) is 9.15 Å². The van der Waals surface area contributed by atoms with E-state index in [0.717, 1.165) is 22.1 Å². The van der Waals surface area contributed by atoms with E-state index < -0.39 is 0 Å². The van der Waals surface area contributed by atoms with Gasteiger partial charge in [0.05, 0.1) is 12.8 Å². The third-order valence-corrected chi connectivity index (χ3v) is 4.12. The van der Waals surface area contributed by atoms with E-state index in [-0.39, 0.29) is 11.7 Å². The number of hydrogen-bond acceptors (Lipinski definition) is 4. The normalized spacial score (nSPS) is 11.6. The lowest BCUT2D eigenvalue weighted by Gasteiger charge is -2.09. The van der Waals surface area contributed by atoms with Crippen LogP contribution in [0.25, 0.3) is 11.0 Å². The van der Waals surface area contributed by atoms with Crippen LogP contribution in [0, 0.1) is 13.8 Å². The smallest absolute Gasteiger partial charge is 0.307 e. The molecule has 0 aliphatic carbocycles. The number of furan rings is 1. The standard InChI is InChI=1S/C20H20N2O3/c1-12-9-10-17(24-4)16(11-12)14(3)21-22-20(23)19-13(2)15-7-5-6-8-18(15)25-19/h5-11H,1-4H3,(H,22,23)/b21-14-. The Balaban J connectivity index is 1.86. The summed E-state index contributed by atoms with van der Waals surface area (Å²) in [6, 6.07) is 13.4. The van der Waals surface area contributed by atoms with Gasteiger partial charge in [-0.1, -0.05) is 29.8 Å². The molecule has 2 aromatic carbocycles. The summed E-state index contributed by atoms with van der Waals surface area (Å²) in [4.78, 5) is 12.4. The molecule has 128 valence electrons. The van der Waals surface area contributed by atoms with Crippen LogP contribution in [0.1, 0.15) is 34.2 Å². The van der Waals surface area contributed by atoms with Crippen molar-refractivity contribution >= 4 is 22.6 Å².